The lowest BCUT2D eigenvalue weighted by Gasteiger charge is -2.16. The Morgan fingerprint density at radius 3 is 2.21 bits per heavy atom. The summed E-state index contributed by atoms with van der Waals surface area (Å²) in [4.78, 5) is 49.5. The summed E-state index contributed by atoms with van der Waals surface area (Å²) >= 11 is 0.961. The van der Waals surface area contributed by atoms with Crippen molar-refractivity contribution >= 4 is 35.1 Å². The number of carbonyl (C=O) groups is 4. The van der Waals surface area contributed by atoms with Gasteiger partial charge in [-0.25, -0.2) is 4.79 Å². The first kappa shape index (κ1) is 14.8. The molecule has 1 rings (SSSR count). The monoisotopic (exact) mass is 285 g/mol. The van der Waals surface area contributed by atoms with Gasteiger partial charge in [-0.2, -0.15) is 0 Å². The highest BCUT2D eigenvalue weighted by Gasteiger charge is 2.27. The van der Waals surface area contributed by atoms with E-state index in [1.54, 1.807) is 0 Å². The molecule has 0 saturated carbocycles. The van der Waals surface area contributed by atoms with Gasteiger partial charge >= 0.3 is 17.8 Å². The van der Waals surface area contributed by atoms with E-state index in [0.29, 0.717) is 5.06 Å². The molecule has 0 radical (unpaired) electrons. The molecule has 0 aliphatic heterocycles. The van der Waals surface area contributed by atoms with E-state index in [9.17, 15) is 19.2 Å². The number of esters is 1. The van der Waals surface area contributed by atoms with Crippen molar-refractivity contribution in [1.82, 2.24) is 5.06 Å². The van der Waals surface area contributed by atoms with Gasteiger partial charge in [0.05, 0.1) is 0 Å². The molecule has 0 fully saturated rings. The molecule has 1 heterocycles. The first-order valence-corrected chi connectivity index (χ1v) is 6.00. The fourth-order valence-electron chi connectivity index (χ4n) is 1.16. The molecule has 0 unspecified atom stereocenters. The Bertz CT molecular complexity index is 535. The largest absolute Gasteiger partial charge is 0.425 e. The molecule has 0 spiro atoms. The van der Waals surface area contributed by atoms with Gasteiger partial charge in [-0.3, -0.25) is 14.4 Å². The molecule has 102 valence electrons. The van der Waals surface area contributed by atoms with Gasteiger partial charge in [0.1, 0.15) is 4.88 Å². The molecule has 1 aromatic heterocycles. The zero-order valence-electron chi connectivity index (χ0n) is 10.5. The van der Waals surface area contributed by atoms with E-state index in [-0.39, 0.29) is 10.6 Å². The zero-order valence-corrected chi connectivity index (χ0v) is 11.3. The molecule has 0 aromatic carbocycles. The molecular weight excluding hydrogens is 274 g/mol. The predicted octanol–water partition coefficient (Wildman–Crippen LogP) is 1.14. The van der Waals surface area contributed by atoms with Crippen LogP contribution in [0.15, 0.2) is 11.4 Å². The normalized spacial score (nSPS) is 9.63. The zero-order chi connectivity index (χ0) is 14.6. The second-order valence-electron chi connectivity index (χ2n) is 3.41. The summed E-state index contributed by atoms with van der Waals surface area (Å²) < 4.78 is 4.81. The van der Waals surface area contributed by atoms with Crippen molar-refractivity contribution in [1.29, 1.82) is 0 Å². The van der Waals surface area contributed by atoms with Gasteiger partial charge in [0.25, 0.3) is 5.91 Å². The summed E-state index contributed by atoms with van der Waals surface area (Å²) in [5.74, 6) is -3.03. The van der Waals surface area contributed by atoms with Crippen molar-refractivity contribution in [2.45, 2.75) is 20.8 Å². The van der Waals surface area contributed by atoms with Crippen LogP contribution in [0.2, 0.25) is 0 Å². The highest BCUT2D eigenvalue weighted by molar-refractivity contribution is 7.12. The molecule has 0 N–H and O–H groups in total. The minimum atomic E-state index is -0.867. The smallest absolute Gasteiger partial charge is 0.330 e. The average molecular weight is 285 g/mol. The SMILES string of the molecule is CC(=O)Oc1ccsc1C(=O)N(OC(C)=O)C(C)=O. The number of nitrogens with zero attached hydrogens (tertiary/aromatic N) is 1. The number of hydroxylamine groups is 2. The second kappa shape index (κ2) is 6.10. The number of imide groups is 1. The Kier molecular flexibility index (Phi) is 4.76. The summed E-state index contributed by atoms with van der Waals surface area (Å²) in [5, 5.41) is 1.83. The van der Waals surface area contributed by atoms with Crippen molar-refractivity contribution in [2.24, 2.45) is 0 Å². The molecule has 1 aromatic rings. The maximum absolute atomic E-state index is 12.0. The third-order valence-corrected chi connectivity index (χ3v) is 2.65. The topological polar surface area (TPSA) is 90.0 Å². The number of amides is 2. The lowest BCUT2D eigenvalue weighted by molar-refractivity contribution is -0.183. The Labute approximate surface area is 112 Å². The molecule has 0 aliphatic rings. The van der Waals surface area contributed by atoms with Gasteiger partial charge in [-0.05, 0) is 11.4 Å². The van der Waals surface area contributed by atoms with Crippen molar-refractivity contribution in [3.05, 3.63) is 16.3 Å². The van der Waals surface area contributed by atoms with E-state index in [1.165, 1.54) is 18.4 Å². The van der Waals surface area contributed by atoms with Crippen LogP contribution in [0.1, 0.15) is 30.4 Å². The summed E-state index contributed by atoms with van der Waals surface area (Å²) in [7, 11) is 0. The van der Waals surface area contributed by atoms with Gasteiger partial charge in [-0.1, -0.05) is 5.06 Å². The van der Waals surface area contributed by atoms with Crippen LogP contribution < -0.4 is 4.74 Å². The summed E-state index contributed by atoms with van der Waals surface area (Å²) in [6, 6.07) is 1.41. The van der Waals surface area contributed by atoms with Crippen molar-refractivity contribution in [3.8, 4) is 5.75 Å². The van der Waals surface area contributed by atoms with Crippen molar-refractivity contribution < 1.29 is 28.8 Å². The highest BCUT2D eigenvalue weighted by Crippen LogP contribution is 2.26. The van der Waals surface area contributed by atoms with Crippen LogP contribution in [-0.4, -0.2) is 28.8 Å². The van der Waals surface area contributed by atoms with Crippen LogP contribution in [0.25, 0.3) is 0 Å². The summed E-state index contributed by atoms with van der Waals surface area (Å²) in [5.41, 5.74) is 0. The lowest BCUT2D eigenvalue weighted by atomic mass is 10.4. The number of hydrogen-bond acceptors (Lipinski definition) is 7. The quantitative estimate of drug-likeness (QED) is 0.598. The predicted molar refractivity (Wildman–Crippen MR) is 64.2 cm³/mol. The highest BCUT2D eigenvalue weighted by atomic mass is 32.1. The third-order valence-electron chi connectivity index (χ3n) is 1.77. The van der Waals surface area contributed by atoms with Crippen LogP contribution in [0.5, 0.6) is 5.75 Å². The number of thiophene rings is 1. The first-order valence-electron chi connectivity index (χ1n) is 5.12. The Morgan fingerprint density at radius 1 is 1.11 bits per heavy atom. The molecule has 19 heavy (non-hydrogen) atoms. The van der Waals surface area contributed by atoms with Crippen LogP contribution in [0.4, 0.5) is 0 Å². The molecule has 8 heteroatoms. The van der Waals surface area contributed by atoms with E-state index in [0.717, 1.165) is 25.2 Å². The van der Waals surface area contributed by atoms with Crippen molar-refractivity contribution in [3.63, 3.8) is 0 Å². The molecule has 0 atom stereocenters. The Balaban J connectivity index is 3.03. The minimum Gasteiger partial charge on any atom is -0.425 e. The standard InChI is InChI=1S/C11H11NO6S/c1-6(13)12(18-8(3)15)11(16)10-9(4-5-19-10)17-7(2)14/h4-5H,1-3H3. The molecule has 0 bridgehead atoms. The van der Waals surface area contributed by atoms with E-state index in [1.807, 2.05) is 0 Å². The van der Waals surface area contributed by atoms with Gasteiger partial charge in [0.2, 0.25) is 0 Å². The number of hydrogen-bond donors (Lipinski definition) is 0. The molecule has 7 nitrogen and oxygen atoms in total. The van der Waals surface area contributed by atoms with Gasteiger partial charge in [0.15, 0.2) is 5.75 Å². The number of ether oxygens (including phenoxy) is 1. The maximum Gasteiger partial charge on any atom is 0.330 e. The van der Waals surface area contributed by atoms with Crippen LogP contribution in [0.3, 0.4) is 0 Å². The summed E-state index contributed by atoms with van der Waals surface area (Å²) in [6.07, 6.45) is 0. The molecule has 0 aliphatic carbocycles. The average Bonchev–Trinajstić information content (AvgIpc) is 2.71. The van der Waals surface area contributed by atoms with Gasteiger partial charge < -0.3 is 9.57 Å². The van der Waals surface area contributed by atoms with Crippen LogP contribution in [-0.2, 0) is 19.2 Å². The minimum absolute atomic E-state index is 0.00773. The van der Waals surface area contributed by atoms with E-state index in [4.69, 9.17) is 4.74 Å². The first-order chi connectivity index (χ1) is 8.82. The Morgan fingerprint density at radius 2 is 1.74 bits per heavy atom. The van der Waals surface area contributed by atoms with Crippen LogP contribution in [0, 0.1) is 0 Å². The second-order valence-corrected chi connectivity index (χ2v) is 4.33. The molecule has 2 amide bonds. The molecular formula is C11H11NO6S. The fourth-order valence-corrected chi connectivity index (χ4v) is 1.90. The van der Waals surface area contributed by atoms with Crippen molar-refractivity contribution in [2.75, 3.05) is 0 Å². The summed E-state index contributed by atoms with van der Waals surface area (Å²) in [6.45, 7) is 3.31. The number of rotatable bonds is 2. The van der Waals surface area contributed by atoms with Gasteiger partial charge in [0, 0.05) is 20.8 Å². The van der Waals surface area contributed by atoms with Gasteiger partial charge in [-0.15, -0.1) is 11.3 Å². The molecule has 0 saturated heterocycles. The van der Waals surface area contributed by atoms with E-state index in [2.05, 4.69) is 4.84 Å². The Hall–Kier alpha value is -2.22. The van der Waals surface area contributed by atoms with E-state index < -0.39 is 23.8 Å². The maximum atomic E-state index is 12.0. The fraction of sp³-hybridized carbons (Fsp3) is 0.273. The number of carbonyl (C=O) groups excluding carboxylic acids is 4. The lowest BCUT2D eigenvalue weighted by Crippen LogP contribution is -2.36. The van der Waals surface area contributed by atoms with E-state index >= 15 is 0 Å². The third kappa shape index (κ3) is 3.88. The van der Waals surface area contributed by atoms with Crippen LogP contribution >= 0.6 is 11.3 Å².